The van der Waals surface area contributed by atoms with Crippen molar-refractivity contribution in [1.29, 1.82) is 0 Å². The SMILES string of the molecule is Cc1cc(C)c2c(c1)C(=O)CC1(CCN(C(=O)C3(C)CC(=O)N=C4C=CC=CN43)CC1)O2. The normalized spacial score (nSPS) is 25.9. The maximum Gasteiger partial charge on any atom is 0.250 e. The molecule has 0 N–H and O–H groups in total. The average molecular weight is 434 g/mol. The summed E-state index contributed by atoms with van der Waals surface area (Å²) in [7, 11) is 0. The maximum atomic E-state index is 13.6. The Bertz CT molecular complexity index is 1120. The van der Waals surface area contributed by atoms with Crippen LogP contribution >= 0.6 is 0 Å². The molecule has 1 spiro atoms. The Morgan fingerprint density at radius 3 is 2.59 bits per heavy atom. The van der Waals surface area contributed by atoms with E-state index in [1.54, 1.807) is 29.0 Å². The number of ether oxygens (including phenoxy) is 1. The van der Waals surface area contributed by atoms with Crippen LogP contribution in [0.2, 0.25) is 0 Å². The predicted molar refractivity (Wildman–Crippen MR) is 120 cm³/mol. The van der Waals surface area contributed by atoms with E-state index in [2.05, 4.69) is 4.99 Å². The van der Waals surface area contributed by atoms with E-state index in [1.807, 2.05) is 38.1 Å². The maximum absolute atomic E-state index is 13.6. The first-order chi connectivity index (χ1) is 15.2. The minimum Gasteiger partial charge on any atom is -0.486 e. The molecule has 7 nitrogen and oxygen atoms in total. The molecule has 0 bridgehead atoms. The molecule has 0 aromatic heterocycles. The van der Waals surface area contributed by atoms with Gasteiger partial charge in [-0.15, -0.1) is 0 Å². The monoisotopic (exact) mass is 433 g/mol. The summed E-state index contributed by atoms with van der Waals surface area (Å²) >= 11 is 0. The first-order valence-electron chi connectivity index (χ1n) is 11.1. The fraction of sp³-hybridized carbons (Fsp3) is 0.440. The van der Waals surface area contributed by atoms with Crippen molar-refractivity contribution >= 4 is 23.4 Å². The van der Waals surface area contributed by atoms with Gasteiger partial charge in [-0.05, 0) is 50.1 Å². The minimum absolute atomic E-state index is 0.0378. The number of benzene rings is 1. The zero-order valence-electron chi connectivity index (χ0n) is 18.7. The zero-order chi connectivity index (χ0) is 22.7. The number of hydrogen-bond donors (Lipinski definition) is 0. The fourth-order valence-electron chi connectivity index (χ4n) is 5.34. The fourth-order valence-corrected chi connectivity index (χ4v) is 5.34. The number of aryl methyl sites for hydroxylation is 2. The summed E-state index contributed by atoms with van der Waals surface area (Å²) < 4.78 is 6.46. The van der Waals surface area contributed by atoms with Crippen molar-refractivity contribution in [3.8, 4) is 5.75 Å². The topological polar surface area (TPSA) is 79.3 Å². The van der Waals surface area contributed by atoms with E-state index in [4.69, 9.17) is 4.74 Å². The van der Waals surface area contributed by atoms with Crippen LogP contribution in [0.4, 0.5) is 0 Å². The van der Waals surface area contributed by atoms with Crippen LogP contribution in [0.3, 0.4) is 0 Å². The van der Waals surface area contributed by atoms with E-state index in [1.165, 1.54) is 0 Å². The number of rotatable bonds is 1. The predicted octanol–water partition coefficient (Wildman–Crippen LogP) is 3.10. The highest BCUT2D eigenvalue weighted by Gasteiger charge is 2.50. The van der Waals surface area contributed by atoms with Crippen LogP contribution in [0.5, 0.6) is 5.75 Å². The summed E-state index contributed by atoms with van der Waals surface area (Å²) in [6.07, 6.45) is 8.73. The summed E-state index contributed by atoms with van der Waals surface area (Å²) in [5.41, 5.74) is 1.09. The zero-order valence-corrected chi connectivity index (χ0v) is 18.7. The van der Waals surface area contributed by atoms with Gasteiger partial charge in [-0.25, -0.2) is 0 Å². The highest BCUT2D eigenvalue weighted by atomic mass is 16.5. The second kappa shape index (κ2) is 7.15. The Kier molecular flexibility index (Phi) is 4.62. The number of amidine groups is 1. The molecular formula is C25H27N3O4. The first-order valence-corrected chi connectivity index (χ1v) is 11.1. The van der Waals surface area contributed by atoms with E-state index in [0.717, 1.165) is 11.1 Å². The molecule has 1 atom stereocenters. The molecule has 2 amide bonds. The third kappa shape index (κ3) is 3.18. The van der Waals surface area contributed by atoms with E-state index in [-0.39, 0.29) is 24.0 Å². The number of likely N-dealkylation sites (tertiary alicyclic amines) is 1. The highest BCUT2D eigenvalue weighted by molar-refractivity contribution is 6.09. The third-order valence-electron chi connectivity index (χ3n) is 7.05. The van der Waals surface area contributed by atoms with Crippen molar-refractivity contribution in [3.05, 3.63) is 53.3 Å². The van der Waals surface area contributed by atoms with Gasteiger partial charge >= 0.3 is 0 Å². The van der Waals surface area contributed by atoms with Gasteiger partial charge in [0.05, 0.1) is 18.4 Å². The molecule has 0 aliphatic carbocycles. The van der Waals surface area contributed by atoms with Crippen LogP contribution in [0.15, 0.2) is 41.6 Å². The Morgan fingerprint density at radius 1 is 1.09 bits per heavy atom. The molecule has 4 aliphatic rings. The van der Waals surface area contributed by atoms with Crippen LogP contribution in [-0.2, 0) is 9.59 Å². The van der Waals surface area contributed by atoms with E-state index < -0.39 is 11.1 Å². The molecule has 32 heavy (non-hydrogen) atoms. The lowest BCUT2D eigenvalue weighted by molar-refractivity contribution is -0.147. The molecular weight excluding hydrogens is 406 g/mol. The Balaban J connectivity index is 1.35. The van der Waals surface area contributed by atoms with Gasteiger partial charge in [0.15, 0.2) is 5.78 Å². The molecule has 1 fully saturated rings. The Hall–Kier alpha value is -3.22. The summed E-state index contributed by atoms with van der Waals surface area (Å²) in [6.45, 7) is 6.72. The third-order valence-corrected chi connectivity index (χ3v) is 7.05. The lowest BCUT2D eigenvalue weighted by Crippen LogP contribution is -2.63. The van der Waals surface area contributed by atoms with Gasteiger partial charge < -0.3 is 14.5 Å². The van der Waals surface area contributed by atoms with Gasteiger partial charge in [0, 0.05) is 32.1 Å². The van der Waals surface area contributed by atoms with Crippen LogP contribution < -0.4 is 4.74 Å². The summed E-state index contributed by atoms with van der Waals surface area (Å²) in [5.74, 6) is 0.902. The average Bonchev–Trinajstić information content (AvgIpc) is 2.75. The molecule has 1 aromatic carbocycles. The summed E-state index contributed by atoms with van der Waals surface area (Å²) in [5, 5.41) is 0. The van der Waals surface area contributed by atoms with Gasteiger partial charge in [0.1, 0.15) is 22.7 Å². The van der Waals surface area contributed by atoms with Crippen LogP contribution in [0.1, 0.15) is 54.1 Å². The number of allylic oxidation sites excluding steroid dienone is 2. The number of Topliss-reactive ketones (excluding diaryl/α,β-unsaturated/α-hetero) is 1. The van der Waals surface area contributed by atoms with Crippen LogP contribution in [0.25, 0.3) is 0 Å². The number of aliphatic imine (C=N–C) groups is 1. The Labute approximate surface area is 187 Å². The number of hydrogen-bond acceptors (Lipinski definition) is 5. The van der Waals surface area contributed by atoms with E-state index >= 15 is 0 Å². The molecule has 4 aliphatic heterocycles. The van der Waals surface area contributed by atoms with Crippen molar-refractivity contribution in [2.24, 2.45) is 4.99 Å². The number of fused-ring (bicyclic) bond motifs is 2. The van der Waals surface area contributed by atoms with E-state index in [9.17, 15) is 14.4 Å². The first kappa shape index (κ1) is 20.7. The molecule has 0 saturated carbocycles. The smallest absolute Gasteiger partial charge is 0.250 e. The standard InChI is InChI=1S/C25H27N3O4/c1-16-12-17(2)22-18(13-16)19(29)14-25(32-22)7-10-27(11-8-25)23(31)24(3)15-21(30)26-20-6-4-5-9-28(20)24/h4-6,9,12-13H,7-8,10-11,14-15H2,1-3H3. The van der Waals surface area contributed by atoms with Crippen molar-refractivity contribution in [1.82, 2.24) is 9.80 Å². The number of carbonyl (C=O) groups excluding carboxylic acids is 3. The molecule has 4 heterocycles. The molecule has 5 rings (SSSR count). The van der Waals surface area contributed by atoms with Gasteiger partial charge in [-0.1, -0.05) is 12.1 Å². The van der Waals surface area contributed by atoms with Crippen molar-refractivity contribution in [2.45, 2.75) is 57.6 Å². The number of carbonyl (C=O) groups is 3. The quantitative estimate of drug-likeness (QED) is 0.680. The Morgan fingerprint density at radius 2 is 1.84 bits per heavy atom. The number of ketones is 1. The van der Waals surface area contributed by atoms with Crippen molar-refractivity contribution in [3.63, 3.8) is 0 Å². The lowest BCUT2D eigenvalue weighted by Gasteiger charge is -2.48. The second-order valence-electron chi connectivity index (χ2n) is 9.52. The van der Waals surface area contributed by atoms with Gasteiger partial charge in [-0.3, -0.25) is 14.4 Å². The summed E-state index contributed by atoms with van der Waals surface area (Å²) in [4.78, 5) is 46.5. The lowest BCUT2D eigenvalue weighted by atomic mass is 9.81. The molecule has 7 heteroatoms. The molecule has 1 saturated heterocycles. The van der Waals surface area contributed by atoms with Gasteiger partial charge in [0.2, 0.25) is 5.91 Å². The van der Waals surface area contributed by atoms with Crippen molar-refractivity contribution < 1.29 is 19.1 Å². The minimum atomic E-state index is -1.01. The van der Waals surface area contributed by atoms with Gasteiger partial charge in [-0.2, -0.15) is 4.99 Å². The molecule has 1 unspecified atom stereocenters. The van der Waals surface area contributed by atoms with Crippen LogP contribution in [0, 0.1) is 13.8 Å². The molecule has 1 aromatic rings. The second-order valence-corrected chi connectivity index (χ2v) is 9.52. The molecule has 0 radical (unpaired) electrons. The number of nitrogens with zero attached hydrogens (tertiary/aromatic N) is 3. The van der Waals surface area contributed by atoms with Crippen molar-refractivity contribution in [2.75, 3.05) is 13.1 Å². The highest BCUT2D eigenvalue weighted by Crippen LogP contribution is 2.42. The van der Waals surface area contributed by atoms with Crippen LogP contribution in [-0.4, -0.2) is 57.5 Å². The van der Waals surface area contributed by atoms with Gasteiger partial charge in [0.25, 0.3) is 5.91 Å². The summed E-state index contributed by atoms with van der Waals surface area (Å²) in [6, 6.07) is 3.93. The number of amides is 2. The molecule has 166 valence electrons. The number of piperidine rings is 1. The largest absolute Gasteiger partial charge is 0.486 e. The van der Waals surface area contributed by atoms with E-state index in [0.29, 0.717) is 49.5 Å².